The third kappa shape index (κ3) is 3.80. The molecule has 2 aliphatic rings. The van der Waals surface area contributed by atoms with Crippen molar-refractivity contribution in [1.29, 1.82) is 0 Å². The molecule has 0 spiro atoms. The Hall–Kier alpha value is -1.10. The van der Waals surface area contributed by atoms with Crippen LogP contribution in [0.2, 0.25) is 0 Å². The first kappa shape index (κ1) is 17.3. The molecule has 0 aliphatic carbocycles. The number of piperidine rings is 1. The van der Waals surface area contributed by atoms with Gasteiger partial charge in [-0.2, -0.15) is 0 Å². The predicted molar refractivity (Wildman–Crippen MR) is 92.7 cm³/mol. The summed E-state index contributed by atoms with van der Waals surface area (Å²) in [7, 11) is 0. The van der Waals surface area contributed by atoms with Gasteiger partial charge in [-0.25, -0.2) is 0 Å². The first-order valence-corrected chi connectivity index (χ1v) is 7.95. The number of carbonyl (C=O) groups excluding carboxylic acids is 1. The summed E-state index contributed by atoms with van der Waals surface area (Å²) < 4.78 is 0. The number of aryl methyl sites for hydroxylation is 1. The highest BCUT2D eigenvalue weighted by Crippen LogP contribution is 2.24. The number of benzene rings is 1. The minimum atomic E-state index is 0. The number of rotatable bonds is 3. The van der Waals surface area contributed by atoms with Crippen molar-refractivity contribution in [2.45, 2.75) is 32.7 Å². The molecule has 0 saturated carbocycles. The molecule has 3 rings (SSSR count). The van der Waals surface area contributed by atoms with Gasteiger partial charge in [-0.1, -0.05) is 12.1 Å². The van der Waals surface area contributed by atoms with Gasteiger partial charge in [0.1, 0.15) is 0 Å². The van der Waals surface area contributed by atoms with Crippen LogP contribution in [-0.4, -0.2) is 43.0 Å². The number of nitrogens with one attached hydrogen (secondary N) is 2. The first-order valence-electron chi connectivity index (χ1n) is 7.95. The van der Waals surface area contributed by atoms with Gasteiger partial charge in [-0.3, -0.25) is 9.69 Å². The largest absolute Gasteiger partial charge is 0.325 e. The number of fused-ring (bicyclic) bond motifs is 1. The molecule has 1 amide bonds. The molecular weight excluding hydrogens is 298 g/mol. The van der Waals surface area contributed by atoms with Crippen LogP contribution in [0.5, 0.6) is 0 Å². The van der Waals surface area contributed by atoms with Gasteiger partial charge in [0.2, 0.25) is 5.91 Å². The van der Waals surface area contributed by atoms with E-state index in [4.69, 9.17) is 0 Å². The fourth-order valence-corrected chi connectivity index (χ4v) is 3.55. The van der Waals surface area contributed by atoms with Crippen molar-refractivity contribution >= 4 is 24.0 Å². The molecule has 2 N–H and O–H groups in total. The van der Waals surface area contributed by atoms with Crippen molar-refractivity contribution in [2.24, 2.45) is 5.92 Å². The predicted octanol–water partition coefficient (Wildman–Crippen LogP) is 2.35. The zero-order valence-electron chi connectivity index (χ0n) is 13.4. The Kier molecular flexibility index (Phi) is 5.84. The lowest BCUT2D eigenvalue weighted by Gasteiger charge is -2.34. The van der Waals surface area contributed by atoms with E-state index < -0.39 is 0 Å². The summed E-state index contributed by atoms with van der Waals surface area (Å²) >= 11 is 0. The van der Waals surface area contributed by atoms with Crippen molar-refractivity contribution in [3.8, 4) is 0 Å². The van der Waals surface area contributed by atoms with Gasteiger partial charge in [0.15, 0.2) is 0 Å². The van der Waals surface area contributed by atoms with E-state index in [0.29, 0.717) is 12.6 Å². The molecule has 1 aromatic carbocycles. The van der Waals surface area contributed by atoms with Crippen LogP contribution in [0.1, 0.15) is 24.0 Å². The van der Waals surface area contributed by atoms with Crippen LogP contribution in [0.25, 0.3) is 0 Å². The molecule has 1 aromatic rings. The van der Waals surface area contributed by atoms with E-state index in [-0.39, 0.29) is 18.3 Å². The van der Waals surface area contributed by atoms with Gasteiger partial charge in [-0.15, -0.1) is 12.4 Å². The number of anilines is 1. The Labute approximate surface area is 139 Å². The fourth-order valence-electron chi connectivity index (χ4n) is 3.55. The fraction of sp³-hybridized carbons (Fsp3) is 0.588. The van der Waals surface area contributed by atoms with E-state index in [9.17, 15) is 4.79 Å². The zero-order chi connectivity index (χ0) is 14.8. The zero-order valence-corrected chi connectivity index (χ0v) is 14.2. The van der Waals surface area contributed by atoms with Gasteiger partial charge in [0, 0.05) is 24.8 Å². The summed E-state index contributed by atoms with van der Waals surface area (Å²) in [4.78, 5) is 14.6. The summed E-state index contributed by atoms with van der Waals surface area (Å²) in [6.45, 7) is 7.85. The van der Waals surface area contributed by atoms with Gasteiger partial charge < -0.3 is 10.6 Å². The van der Waals surface area contributed by atoms with Gasteiger partial charge in [0.25, 0.3) is 0 Å². The molecule has 4 nitrogen and oxygen atoms in total. The SMILES string of the molecule is Cc1cccc(NC(=O)CN2CCC3NCCC3C2)c1C.Cl. The van der Waals surface area contributed by atoms with Crippen molar-refractivity contribution < 1.29 is 4.79 Å². The van der Waals surface area contributed by atoms with Crippen molar-refractivity contribution in [1.82, 2.24) is 10.2 Å². The van der Waals surface area contributed by atoms with E-state index in [1.807, 2.05) is 12.1 Å². The first-order chi connectivity index (χ1) is 10.1. The van der Waals surface area contributed by atoms with Crippen LogP contribution in [0.15, 0.2) is 18.2 Å². The highest BCUT2D eigenvalue weighted by atomic mass is 35.5. The van der Waals surface area contributed by atoms with Crippen LogP contribution in [0.4, 0.5) is 5.69 Å². The normalized spacial score (nSPS) is 24.5. The van der Waals surface area contributed by atoms with E-state index in [0.717, 1.165) is 36.8 Å². The minimum Gasteiger partial charge on any atom is -0.325 e. The molecular formula is C17H26ClN3O. The highest BCUT2D eigenvalue weighted by molar-refractivity contribution is 5.93. The van der Waals surface area contributed by atoms with E-state index in [1.165, 1.54) is 18.4 Å². The summed E-state index contributed by atoms with van der Waals surface area (Å²) in [6.07, 6.45) is 2.42. The molecule has 0 radical (unpaired) electrons. The number of hydrogen-bond donors (Lipinski definition) is 2. The van der Waals surface area contributed by atoms with Crippen LogP contribution in [0, 0.1) is 19.8 Å². The molecule has 2 aliphatic heterocycles. The summed E-state index contributed by atoms with van der Waals surface area (Å²) in [6, 6.07) is 6.73. The van der Waals surface area contributed by atoms with E-state index in [2.05, 4.69) is 35.4 Å². The Morgan fingerprint density at radius 1 is 1.36 bits per heavy atom. The number of nitrogens with zero attached hydrogens (tertiary/aromatic N) is 1. The molecule has 0 aromatic heterocycles. The maximum absolute atomic E-state index is 12.3. The van der Waals surface area contributed by atoms with Gasteiger partial charge in [0.05, 0.1) is 6.54 Å². The van der Waals surface area contributed by atoms with Crippen molar-refractivity contribution in [2.75, 3.05) is 31.5 Å². The van der Waals surface area contributed by atoms with Gasteiger partial charge >= 0.3 is 0 Å². The third-order valence-corrected chi connectivity index (χ3v) is 4.99. The molecule has 122 valence electrons. The molecule has 0 bridgehead atoms. The lowest BCUT2D eigenvalue weighted by atomic mass is 9.93. The molecule has 2 heterocycles. The van der Waals surface area contributed by atoms with E-state index in [1.54, 1.807) is 0 Å². The molecule has 2 fully saturated rings. The van der Waals surface area contributed by atoms with Gasteiger partial charge in [-0.05, 0) is 56.3 Å². The monoisotopic (exact) mass is 323 g/mol. The maximum Gasteiger partial charge on any atom is 0.238 e. The number of amides is 1. The quantitative estimate of drug-likeness (QED) is 0.897. The highest BCUT2D eigenvalue weighted by Gasteiger charge is 2.32. The Bertz CT molecular complexity index is 535. The Morgan fingerprint density at radius 2 is 2.18 bits per heavy atom. The second kappa shape index (κ2) is 7.44. The second-order valence-corrected chi connectivity index (χ2v) is 6.43. The minimum absolute atomic E-state index is 0. The number of carbonyl (C=O) groups is 1. The Morgan fingerprint density at radius 3 is 3.00 bits per heavy atom. The summed E-state index contributed by atoms with van der Waals surface area (Å²) in [5, 5.41) is 6.62. The third-order valence-electron chi connectivity index (χ3n) is 4.99. The average molecular weight is 324 g/mol. The average Bonchev–Trinajstić information content (AvgIpc) is 2.91. The van der Waals surface area contributed by atoms with Crippen molar-refractivity contribution in [3.63, 3.8) is 0 Å². The summed E-state index contributed by atoms with van der Waals surface area (Å²) in [5.74, 6) is 0.834. The van der Waals surface area contributed by atoms with Crippen LogP contribution >= 0.6 is 12.4 Å². The smallest absolute Gasteiger partial charge is 0.238 e. The maximum atomic E-state index is 12.3. The molecule has 2 saturated heterocycles. The van der Waals surface area contributed by atoms with Crippen LogP contribution in [-0.2, 0) is 4.79 Å². The lowest BCUT2D eigenvalue weighted by molar-refractivity contribution is -0.117. The Balaban J connectivity index is 0.00000176. The number of likely N-dealkylation sites (tertiary alicyclic amines) is 1. The molecule has 5 heteroatoms. The number of hydrogen-bond acceptors (Lipinski definition) is 3. The summed E-state index contributed by atoms with van der Waals surface area (Å²) in [5.41, 5.74) is 3.31. The topological polar surface area (TPSA) is 44.4 Å². The standard InChI is InChI=1S/C17H25N3O.ClH/c1-12-4-3-5-15(13(12)2)19-17(21)11-20-9-7-16-14(10-20)6-8-18-16;/h3-5,14,16,18H,6-11H2,1-2H3,(H,19,21);1H. The van der Waals surface area contributed by atoms with Crippen LogP contribution in [0.3, 0.4) is 0 Å². The molecule has 22 heavy (non-hydrogen) atoms. The van der Waals surface area contributed by atoms with Crippen molar-refractivity contribution in [3.05, 3.63) is 29.3 Å². The second-order valence-electron chi connectivity index (χ2n) is 6.43. The van der Waals surface area contributed by atoms with E-state index >= 15 is 0 Å². The molecule has 2 atom stereocenters. The van der Waals surface area contributed by atoms with Crippen LogP contribution < -0.4 is 10.6 Å². The molecule has 2 unspecified atom stereocenters. The lowest BCUT2D eigenvalue weighted by Crippen LogP contribution is -2.46. The number of halogens is 1.